The van der Waals surface area contributed by atoms with E-state index < -0.39 is 54.9 Å². The normalized spacial score (nSPS) is 12.6. The molecule has 9 heteroatoms. The monoisotopic (exact) mass is 335 g/mol. The number of carbonyl (C=O) groups is 2. The molecule has 1 aromatic carbocycles. The largest absolute Gasteiger partial charge is 0.350 e. The summed E-state index contributed by atoms with van der Waals surface area (Å²) in [5, 5.41) is 4.29. The van der Waals surface area contributed by atoms with Crippen LogP contribution in [0.3, 0.4) is 0 Å². The Labute approximate surface area is 130 Å². The summed E-state index contributed by atoms with van der Waals surface area (Å²) in [5.74, 6) is -6.43. The zero-order valence-corrected chi connectivity index (χ0v) is 12.3. The van der Waals surface area contributed by atoms with Crippen molar-refractivity contribution in [3.05, 3.63) is 35.4 Å². The molecular weight excluding hydrogens is 318 g/mol. The lowest BCUT2D eigenvalue weighted by Crippen LogP contribution is -2.42. The van der Waals surface area contributed by atoms with Crippen molar-refractivity contribution in [1.82, 2.24) is 10.6 Å². The first-order valence-corrected chi connectivity index (χ1v) is 6.71. The molecule has 1 atom stereocenters. The van der Waals surface area contributed by atoms with Gasteiger partial charge in [0.1, 0.15) is 11.6 Å². The van der Waals surface area contributed by atoms with Crippen molar-refractivity contribution >= 4 is 11.8 Å². The van der Waals surface area contributed by atoms with Gasteiger partial charge in [0, 0.05) is 18.6 Å². The minimum atomic E-state index is -3.26. The van der Waals surface area contributed by atoms with Crippen LogP contribution >= 0.6 is 0 Å². The summed E-state index contributed by atoms with van der Waals surface area (Å²) >= 11 is 0. The molecule has 0 bridgehead atoms. The number of benzene rings is 1. The van der Waals surface area contributed by atoms with Crippen LogP contribution in [0.4, 0.5) is 17.6 Å². The van der Waals surface area contributed by atoms with Crippen molar-refractivity contribution in [1.29, 1.82) is 0 Å². The summed E-state index contributed by atoms with van der Waals surface area (Å²) in [6.45, 7) is -0.759. The Morgan fingerprint density at radius 2 is 1.96 bits per heavy atom. The predicted octanol–water partition coefficient (Wildman–Crippen LogP) is 1.24. The number of nitrogens with two attached hydrogens (primary N) is 1. The van der Waals surface area contributed by atoms with Crippen LogP contribution in [0.1, 0.15) is 24.9 Å². The van der Waals surface area contributed by atoms with Gasteiger partial charge in [0.2, 0.25) is 11.8 Å². The summed E-state index contributed by atoms with van der Waals surface area (Å²) in [4.78, 5) is 22.9. The molecule has 0 fully saturated rings. The zero-order chi connectivity index (χ0) is 17.6. The smallest absolute Gasteiger partial charge is 0.277 e. The molecule has 2 amide bonds. The zero-order valence-electron chi connectivity index (χ0n) is 12.3. The molecule has 1 rings (SSSR count). The molecule has 0 spiro atoms. The molecule has 0 saturated heterocycles. The van der Waals surface area contributed by atoms with Gasteiger partial charge in [0.15, 0.2) is 0 Å². The molecule has 4 N–H and O–H groups in total. The Morgan fingerprint density at radius 1 is 1.30 bits per heavy atom. The van der Waals surface area contributed by atoms with Crippen LogP contribution in [0.2, 0.25) is 0 Å². The second-order valence-electron chi connectivity index (χ2n) is 4.96. The lowest BCUT2D eigenvalue weighted by Gasteiger charge is -2.20. The van der Waals surface area contributed by atoms with Crippen LogP contribution in [-0.4, -0.2) is 30.8 Å². The van der Waals surface area contributed by atoms with Crippen molar-refractivity contribution < 1.29 is 27.2 Å². The molecule has 5 nitrogen and oxygen atoms in total. The highest BCUT2D eigenvalue weighted by atomic mass is 19.3. The van der Waals surface area contributed by atoms with Crippen LogP contribution in [0.5, 0.6) is 0 Å². The number of rotatable bonds is 7. The second kappa shape index (κ2) is 7.91. The number of alkyl halides is 2. The van der Waals surface area contributed by atoms with Gasteiger partial charge < -0.3 is 16.4 Å². The van der Waals surface area contributed by atoms with E-state index in [9.17, 15) is 27.2 Å². The molecular formula is C14H17F4N3O2. The Bertz CT molecular complexity index is 581. The minimum Gasteiger partial charge on any atom is -0.350 e. The molecule has 0 heterocycles. The van der Waals surface area contributed by atoms with Gasteiger partial charge in [-0.15, -0.1) is 0 Å². The predicted molar refractivity (Wildman–Crippen MR) is 74.5 cm³/mol. The van der Waals surface area contributed by atoms with E-state index >= 15 is 0 Å². The SMILES string of the molecule is CC(=O)NC(CC(=O)NCC(F)(F)CN)c1ccc(F)cc1F. The third-order valence-corrected chi connectivity index (χ3v) is 2.95. The van der Waals surface area contributed by atoms with E-state index in [4.69, 9.17) is 5.73 Å². The van der Waals surface area contributed by atoms with Crippen LogP contribution < -0.4 is 16.4 Å². The standard InChI is InChI=1S/C14H17F4N3O2/c1-8(22)21-12(10-3-2-9(15)4-11(10)16)5-13(23)20-7-14(17,18)6-19/h2-4,12H,5-7,19H2,1H3,(H,20,23)(H,21,22). The number of nitrogens with one attached hydrogen (secondary N) is 2. The van der Waals surface area contributed by atoms with Crippen molar-refractivity contribution in [3.63, 3.8) is 0 Å². The Hall–Kier alpha value is -2.16. The van der Waals surface area contributed by atoms with Gasteiger partial charge in [0.05, 0.1) is 25.6 Å². The fraction of sp³-hybridized carbons (Fsp3) is 0.429. The van der Waals surface area contributed by atoms with Gasteiger partial charge in [-0.05, 0) is 6.07 Å². The Kier molecular flexibility index (Phi) is 6.49. The fourth-order valence-corrected chi connectivity index (χ4v) is 1.83. The van der Waals surface area contributed by atoms with Gasteiger partial charge in [-0.3, -0.25) is 9.59 Å². The van der Waals surface area contributed by atoms with E-state index in [2.05, 4.69) is 5.32 Å². The molecule has 0 radical (unpaired) electrons. The first-order chi connectivity index (χ1) is 10.6. The highest BCUT2D eigenvalue weighted by Gasteiger charge is 2.28. The molecule has 0 saturated carbocycles. The highest BCUT2D eigenvalue weighted by Crippen LogP contribution is 2.21. The minimum absolute atomic E-state index is 0.123. The number of amides is 2. The van der Waals surface area contributed by atoms with Gasteiger partial charge in [0.25, 0.3) is 5.92 Å². The maximum absolute atomic E-state index is 13.8. The lowest BCUT2D eigenvalue weighted by atomic mass is 10.0. The van der Waals surface area contributed by atoms with Crippen molar-refractivity contribution in [2.45, 2.75) is 25.3 Å². The van der Waals surface area contributed by atoms with Crippen LogP contribution in [0.15, 0.2) is 18.2 Å². The molecule has 1 unspecified atom stereocenters. The van der Waals surface area contributed by atoms with Gasteiger partial charge >= 0.3 is 0 Å². The first kappa shape index (κ1) is 18.9. The van der Waals surface area contributed by atoms with Crippen molar-refractivity contribution in [3.8, 4) is 0 Å². The molecule has 0 aliphatic carbocycles. The van der Waals surface area contributed by atoms with Crippen LogP contribution in [0.25, 0.3) is 0 Å². The average Bonchev–Trinajstić information content (AvgIpc) is 2.44. The van der Waals surface area contributed by atoms with Crippen molar-refractivity contribution in [2.24, 2.45) is 5.73 Å². The Balaban J connectivity index is 2.83. The summed E-state index contributed by atoms with van der Waals surface area (Å²) in [6, 6.07) is 1.53. The number of halogens is 4. The highest BCUT2D eigenvalue weighted by molar-refractivity contribution is 5.79. The van der Waals surface area contributed by atoms with Crippen LogP contribution in [-0.2, 0) is 9.59 Å². The second-order valence-corrected chi connectivity index (χ2v) is 4.96. The summed E-state index contributed by atoms with van der Waals surface area (Å²) in [5.41, 5.74) is 4.72. The van der Waals surface area contributed by atoms with Gasteiger partial charge in [-0.25, -0.2) is 17.6 Å². The fourth-order valence-electron chi connectivity index (χ4n) is 1.83. The number of carbonyl (C=O) groups excluding carboxylic acids is 2. The number of hydrogen-bond donors (Lipinski definition) is 3. The lowest BCUT2D eigenvalue weighted by molar-refractivity contribution is -0.124. The van der Waals surface area contributed by atoms with E-state index in [1.807, 2.05) is 5.32 Å². The topological polar surface area (TPSA) is 84.2 Å². The quantitative estimate of drug-likeness (QED) is 0.656. The maximum Gasteiger partial charge on any atom is 0.277 e. The molecule has 0 aromatic heterocycles. The molecule has 128 valence electrons. The summed E-state index contributed by atoms with van der Waals surface area (Å²) in [7, 11) is 0. The Morgan fingerprint density at radius 3 is 2.48 bits per heavy atom. The third-order valence-electron chi connectivity index (χ3n) is 2.95. The number of hydrogen-bond acceptors (Lipinski definition) is 3. The molecule has 0 aliphatic heterocycles. The van der Waals surface area contributed by atoms with E-state index in [1.54, 1.807) is 0 Å². The summed E-state index contributed by atoms with van der Waals surface area (Å²) < 4.78 is 52.7. The van der Waals surface area contributed by atoms with E-state index in [-0.39, 0.29) is 5.56 Å². The molecule has 0 aliphatic rings. The molecule has 1 aromatic rings. The van der Waals surface area contributed by atoms with Gasteiger partial charge in [-0.1, -0.05) is 6.07 Å². The van der Waals surface area contributed by atoms with E-state index in [0.717, 1.165) is 19.1 Å². The average molecular weight is 335 g/mol. The summed E-state index contributed by atoms with van der Waals surface area (Å²) in [6.07, 6.45) is -0.483. The van der Waals surface area contributed by atoms with Crippen molar-refractivity contribution in [2.75, 3.05) is 13.1 Å². The third kappa shape index (κ3) is 6.23. The van der Waals surface area contributed by atoms with E-state index in [0.29, 0.717) is 6.07 Å². The van der Waals surface area contributed by atoms with Gasteiger partial charge in [-0.2, -0.15) is 0 Å². The van der Waals surface area contributed by atoms with E-state index in [1.165, 1.54) is 0 Å². The maximum atomic E-state index is 13.8. The first-order valence-electron chi connectivity index (χ1n) is 6.71. The molecule has 23 heavy (non-hydrogen) atoms. The van der Waals surface area contributed by atoms with Crippen LogP contribution in [0, 0.1) is 11.6 Å².